The van der Waals surface area contributed by atoms with Crippen LogP contribution in [0.4, 0.5) is 5.69 Å². The highest BCUT2D eigenvalue weighted by Gasteiger charge is 2.67. The summed E-state index contributed by atoms with van der Waals surface area (Å²) in [5.41, 5.74) is 3.87. The normalized spacial score (nSPS) is 26.8. The van der Waals surface area contributed by atoms with Crippen molar-refractivity contribution in [2.24, 2.45) is 16.7 Å². The number of nitrogens with one attached hydrogen (secondary N) is 1. The summed E-state index contributed by atoms with van der Waals surface area (Å²) >= 11 is 6.30. The lowest BCUT2D eigenvalue weighted by Crippen LogP contribution is -2.74. The Morgan fingerprint density at radius 3 is 2.18 bits per heavy atom. The fraction of sp³-hybridized carbons (Fsp3) is 0.458. The monoisotopic (exact) mass is 840 g/mol. The van der Waals surface area contributed by atoms with Crippen LogP contribution in [0.25, 0.3) is 0 Å². The van der Waals surface area contributed by atoms with E-state index in [0.29, 0.717) is 46.0 Å². The van der Waals surface area contributed by atoms with Crippen molar-refractivity contribution in [2.75, 3.05) is 31.1 Å². The zero-order valence-corrected chi connectivity index (χ0v) is 35.7. The lowest BCUT2D eigenvalue weighted by molar-refractivity contribution is -0.199. The number of carbonyl (C=O) groups is 5. The molecule has 1 unspecified atom stereocenters. The summed E-state index contributed by atoms with van der Waals surface area (Å²) in [6.07, 6.45) is 4.27. The molecule has 4 fully saturated rings. The van der Waals surface area contributed by atoms with Gasteiger partial charge in [-0.3, -0.25) is 39.1 Å². The van der Waals surface area contributed by atoms with Crippen molar-refractivity contribution in [1.29, 1.82) is 5.26 Å². The molecular weight excluding hydrogens is 792 g/mol. The van der Waals surface area contributed by atoms with Crippen LogP contribution in [0.3, 0.4) is 0 Å². The molecule has 314 valence electrons. The standard InChI is InChI=1S/C48H49ClN6O6/c1-47(2)45(48(3,4)46(47)61-34-14-10-30(26-50)38(49)25-34)54-27-31-23-29(9-15-35(31)42(54)58)6-5-28-7-11-32(12-8-28)52-19-21-53(22-20-52)33-13-16-36-37(24-33)44(60)55(43(36)59)39-17-18-40(56)51-41(39)57/h9-10,13-16,23-25,28,32,39,45-46H,7-8,11-12,17-22,27H2,1-4H3,(H,51,56,57). The van der Waals surface area contributed by atoms with Crippen LogP contribution in [-0.4, -0.2) is 94.6 Å². The molecule has 3 aromatic carbocycles. The Morgan fingerprint density at radius 1 is 0.787 bits per heavy atom. The topological polar surface area (TPSA) is 143 Å². The maximum atomic E-state index is 13.8. The Hall–Kier alpha value is -5.69. The number of nitrogens with zero attached hydrogens (tertiary/aromatic N) is 5. The van der Waals surface area contributed by atoms with E-state index in [1.807, 2.05) is 23.1 Å². The second-order valence-corrected chi connectivity index (χ2v) is 19.0. The third-order valence-corrected chi connectivity index (χ3v) is 14.4. The van der Waals surface area contributed by atoms with E-state index in [1.54, 1.807) is 30.3 Å². The third kappa shape index (κ3) is 7.04. The number of hydrogen-bond acceptors (Lipinski definition) is 9. The Morgan fingerprint density at radius 2 is 1.49 bits per heavy atom. The highest BCUT2D eigenvalue weighted by atomic mass is 35.5. The minimum Gasteiger partial charge on any atom is -0.489 e. The minimum absolute atomic E-state index is 0.0388. The van der Waals surface area contributed by atoms with Gasteiger partial charge in [0.15, 0.2) is 0 Å². The van der Waals surface area contributed by atoms with E-state index in [9.17, 15) is 29.2 Å². The molecule has 9 rings (SSSR count). The van der Waals surface area contributed by atoms with Crippen LogP contribution >= 0.6 is 11.6 Å². The Bertz CT molecular complexity index is 2470. The fourth-order valence-electron chi connectivity index (χ4n) is 11.4. The number of ether oxygens (including phenoxy) is 1. The maximum absolute atomic E-state index is 13.8. The summed E-state index contributed by atoms with van der Waals surface area (Å²) < 4.78 is 6.48. The Kier molecular flexibility index (Phi) is 10.2. The van der Waals surface area contributed by atoms with Gasteiger partial charge in [-0.05, 0) is 86.2 Å². The smallest absolute Gasteiger partial charge is 0.262 e. The summed E-state index contributed by atoms with van der Waals surface area (Å²) in [7, 11) is 0. The number of amides is 5. The number of nitriles is 1. The number of imide groups is 2. The molecule has 1 N–H and O–H groups in total. The first kappa shape index (κ1) is 40.7. The van der Waals surface area contributed by atoms with E-state index < -0.39 is 29.7 Å². The zero-order chi connectivity index (χ0) is 43.0. The first-order chi connectivity index (χ1) is 29.1. The molecule has 6 aliphatic rings. The highest BCUT2D eigenvalue weighted by Crippen LogP contribution is 2.59. The van der Waals surface area contributed by atoms with Gasteiger partial charge in [0.2, 0.25) is 11.8 Å². The van der Waals surface area contributed by atoms with Gasteiger partial charge in [0.25, 0.3) is 17.7 Å². The number of piperazine rings is 1. The number of hydrogen-bond donors (Lipinski definition) is 1. The van der Waals surface area contributed by atoms with Gasteiger partial charge in [0.1, 0.15) is 24.0 Å². The van der Waals surface area contributed by atoms with Gasteiger partial charge in [0.05, 0.1) is 21.7 Å². The first-order valence-corrected chi connectivity index (χ1v) is 21.7. The molecule has 4 aliphatic heterocycles. The van der Waals surface area contributed by atoms with Crippen molar-refractivity contribution in [1.82, 2.24) is 20.0 Å². The molecule has 13 heteroatoms. The molecule has 12 nitrogen and oxygen atoms in total. The largest absolute Gasteiger partial charge is 0.489 e. The number of anilines is 1. The number of benzene rings is 3. The fourth-order valence-corrected chi connectivity index (χ4v) is 11.6. The van der Waals surface area contributed by atoms with Gasteiger partial charge in [-0.25, -0.2) is 0 Å². The molecule has 0 spiro atoms. The van der Waals surface area contributed by atoms with Gasteiger partial charge in [0, 0.05) is 90.9 Å². The van der Waals surface area contributed by atoms with E-state index >= 15 is 0 Å². The molecule has 61 heavy (non-hydrogen) atoms. The first-order valence-electron chi connectivity index (χ1n) is 21.3. The zero-order valence-electron chi connectivity index (χ0n) is 34.9. The van der Waals surface area contributed by atoms with Crippen molar-refractivity contribution in [2.45, 2.75) is 97.0 Å². The number of carbonyl (C=O) groups excluding carboxylic acids is 5. The average molecular weight is 841 g/mol. The van der Waals surface area contributed by atoms with Crippen LogP contribution in [0, 0.1) is 39.9 Å². The average Bonchev–Trinajstić information content (AvgIpc) is 3.68. The molecule has 3 aromatic rings. The molecule has 1 atom stereocenters. The summed E-state index contributed by atoms with van der Waals surface area (Å²) in [5, 5.41) is 11.9. The van der Waals surface area contributed by atoms with Crippen molar-refractivity contribution < 1.29 is 28.7 Å². The van der Waals surface area contributed by atoms with Gasteiger partial charge in [-0.15, -0.1) is 0 Å². The van der Waals surface area contributed by atoms with E-state index in [1.165, 1.54) is 0 Å². The van der Waals surface area contributed by atoms with Crippen LogP contribution in [0.2, 0.25) is 5.02 Å². The molecule has 4 heterocycles. The van der Waals surface area contributed by atoms with Crippen LogP contribution in [0.1, 0.15) is 114 Å². The van der Waals surface area contributed by atoms with E-state index in [4.69, 9.17) is 16.3 Å². The maximum Gasteiger partial charge on any atom is 0.262 e. The lowest BCUT2D eigenvalue weighted by Gasteiger charge is -2.65. The van der Waals surface area contributed by atoms with Crippen LogP contribution < -0.4 is 15.0 Å². The molecule has 2 aliphatic carbocycles. The van der Waals surface area contributed by atoms with Crippen LogP contribution in [0.5, 0.6) is 5.75 Å². The highest BCUT2D eigenvalue weighted by molar-refractivity contribution is 6.31. The Balaban J connectivity index is 0.770. The van der Waals surface area contributed by atoms with Gasteiger partial charge in [-0.2, -0.15) is 5.26 Å². The van der Waals surface area contributed by atoms with Gasteiger partial charge >= 0.3 is 0 Å². The van der Waals surface area contributed by atoms with Gasteiger partial charge < -0.3 is 14.5 Å². The van der Waals surface area contributed by atoms with E-state index in [2.05, 4.69) is 66.8 Å². The summed E-state index contributed by atoms with van der Waals surface area (Å²) in [5.74, 6) is 5.99. The summed E-state index contributed by atoms with van der Waals surface area (Å²) in [6, 6.07) is 18.0. The number of piperidine rings is 1. The third-order valence-electron chi connectivity index (χ3n) is 14.1. The van der Waals surface area contributed by atoms with Crippen molar-refractivity contribution in [3.05, 3.63) is 93.0 Å². The van der Waals surface area contributed by atoms with Crippen molar-refractivity contribution >= 4 is 46.8 Å². The predicted octanol–water partition coefficient (Wildman–Crippen LogP) is 6.18. The van der Waals surface area contributed by atoms with E-state index in [0.717, 1.165) is 79.1 Å². The summed E-state index contributed by atoms with van der Waals surface area (Å²) in [4.78, 5) is 72.3. The second-order valence-electron chi connectivity index (χ2n) is 18.6. The summed E-state index contributed by atoms with van der Waals surface area (Å²) in [6.45, 7) is 12.5. The number of fused-ring (bicyclic) bond motifs is 2. The second kappa shape index (κ2) is 15.3. The number of halogens is 1. The van der Waals surface area contributed by atoms with Crippen LogP contribution in [-0.2, 0) is 16.1 Å². The SMILES string of the molecule is CC1(C)C(Oc2ccc(C#N)c(Cl)c2)C(C)(C)C1N1Cc2cc(C#CC3CCC(N4CCN(c5ccc6c(c5)C(=O)N(C5CCC(=O)NC5=O)C6=O)CC4)CC3)ccc2C1=O. The molecule has 5 amide bonds. The molecular formula is C48H49ClN6O6. The quantitative estimate of drug-likeness (QED) is 0.227. The van der Waals surface area contributed by atoms with Crippen molar-refractivity contribution in [3.8, 4) is 23.7 Å². The minimum atomic E-state index is -0.977. The van der Waals surface area contributed by atoms with E-state index in [-0.39, 0.29) is 41.7 Å². The molecule has 2 saturated carbocycles. The Labute approximate surface area is 361 Å². The predicted molar refractivity (Wildman–Crippen MR) is 228 cm³/mol. The van der Waals surface area contributed by atoms with Crippen molar-refractivity contribution in [3.63, 3.8) is 0 Å². The number of rotatable bonds is 6. The molecule has 0 radical (unpaired) electrons. The molecule has 0 aromatic heterocycles. The molecule has 0 bridgehead atoms. The van der Waals surface area contributed by atoms with Crippen LogP contribution in [0.15, 0.2) is 54.6 Å². The molecule has 2 saturated heterocycles. The lowest BCUT2D eigenvalue weighted by atomic mass is 9.49. The van der Waals surface area contributed by atoms with Gasteiger partial charge in [-0.1, -0.05) is 51.1 Å².